The van der Waals surface area contributed by atoms with Crippen molar-refractivity contribution in [2.75, 3.05) is 17.1 Å². The predicted molar refractivity (Wildman–Crippen MR) is 122 cm³/mol. The fourth-order valence-electron chi connectivity index (χ4n) is 2.87. The highest BCUT2D eigenvalue weighted by atomic mass is 32.2. The van der Waals surface area contributed by atoms with Gasteiger partial charge in [0.15, 0.2) is 5.78 Å². The molecule has 0 fully saturated rings. The largest absolute Gasteiger partial charge is 0.444 e. The van der Waals surface area contributed by atoms with Crippen molar-refractivity contribution < 1.29 is 22.7 Å². The summed E-state index contributed by atoms with van der Waals surface area (Å²) in [5.41, 5.74) is 1.02. The van der Waals surface area contributed by atoms with Crippen LogP contribution in [0.3, 0.4) is 0 Å². The Morgan fingerprint density at radius 1 is 1.03 bits per heavy atom. The molecular formula is C23H30N2O5S. The molecule has 0 saturated carbocycles. The summed E-state index contributed by atoms with van der Waals surface area (Å²) < 4.78 is 33.3. The van der Waals surface area contributed by atoms with E-state index in [0.29, 0.717) is 18.4 Å². The van der Waals surface area contributed by atoms with Crippen LogP contribution in [-0.4, -0.2) is 43.2 Å². The molecular weight excluding hydrogens is 416 g/mol. The summed E-state index contributed by atoms with van der Waals surface area (Å²) in [4.78, 5) is 25.4. The van der Waals surface area contributed by atoms with Crippen molar-refractivity contribution in [2.45, 2.75) is 46.1 Å². The number of nitrogens with zero attached hydrogens (tertiary/aromatic N) is 1. The van der Waals surface area contributed by atoms with E-state index in [9.17, 15) is 18.0 Å². The first-order chi connectivity index (χ1) is 14.5. The topological polar surface area (TPSA) is 92.8 Å². The third-order valence-electron chi connectivity index (χ3n) is 4.26. The molecule has 0 aliphatic carbocycles. The summed E-state index contributed by atoms with van der Waals surface area (Å²) in [7, 11) is -3.91. The molecule has 0 bridgehead atoms. The number of hydrogen-bond donors (Lipinski definition) is 1. The second-order valence-electron chi connectivity index (χ2n) is 8.32. The summed E-state index contributed by atoms with van der Waals surface area (Å²) in [5, 5.41) is 0. The Labute approximate surface area is 184 Å². The first kappa shape index (κ1) is 24.4. The Balaban J connectivity index is 2.11. The summed E-state index contributed by atoms with van der Waals surface area (Å²) >= 11 is 0. The molecule has 0 atom stereocenters. The molecule has 168 valence electrons. The number of ketones is 1. The van der Waals surface area contributed by atoms with E-state index in [1.165, 1.54) is 17.9 Å². The van der Waals surface area contributed by atoms with Crippen molar-refractivity contribution in [3.05, 3.63) is 65.7 Å². The summed E-state index contributed by atoms with van der Waals surface area (Å²) in [6, 6.07) is 16.0. The van der Waals surface area contributed by atoms with Gasteiger partial charge in [0.05, 0.1) is 0 Å². The van der Waals surface area contributed by atoms with E-state index in [0.717, 1.165) is 5.56 Å². The first-order valence-corrected chi connectivity index (χ1v) is 11.7. The number of anilines is 1. The molecule has 1 N–H and O–H groups in total. The standard InChI is InChI=1S/C23H30N2O5S/c1-18(26)20-13-8-14-21(16-20)24-31(28,29)17-25(22(27)30-23(2,3)4)15-9-12-19-10-6-5-7-11-19/h5-8,10-11,13-14,16,24H,9,12,15,17H2,1-4H3. The number of sulfonamides is 1. The maximum absolute atomic E-state index is 12.7. The van der Waals surface area contributed by atoms with Crippen molar-refractivity contribution >= 4 is 27.6 Å². The lowest BCUT2D eigenvalue weighted by atomic mass is 10.1. The fraction of sp³-hybridized carbons (Fsp3) is 0.391. The zero-order valence-electron chi connectivity index (χ0n) is 18.4. The van der Waals surface area contributed by atoms with E-state index in [1.54, 1.807) is 39.0 Å². The van der Waals surface area contributed by atoms with E-state index in [-0.39, 0.29) is 18.0 Å². The number of hydrogen-bond acceptors (Lipinski definition) is 5. The molecule has 0 spiro atoms. The number of aryl methyl sites for hydroxylation is 1. The second kappa shape index (κ2) is 10.4. The van der Waals surface area contributed by atoms with Gasteiger partial charge in [-0.3, -0.25) is 14.4 Å². The van der Waals surface area contributed by atoms with Gasteiger partial charge in [-0.1, -0.05) is 42.5 Å². The number of nitrogens with one attached hydrogen (secondary N) is 1. The maximum atomic E-state index is 12.7. The number of carbonyl (C=O) groups is 2. The van der Waals surface area contributed by atoms with Crippen LogP contribution >= 0.6 is 0 Å². The van der Waals surface area contributed by atoms with Crippen LogP contribution in [-0.2, 0) is 21.2 Å². The molecule has 0 aromatic heterocycles. The quantitative estimate of drug-likeness (QED) is 0.574. The lowest BCUT2D eigenvalue weighted by molar-refractivity contribution is 0.0281. The van der Waals surface area contributed by atoms with Gasteiger partial charge in [0, 0.05) is 17.8 Å². The molecule has 2 rings (SSSR count). The van der Waals surface area contributed by atoms with Gasteiger partial charge in [0.1, 0.15) is 11.5 Å². The van der Waals surface area contributed by atoms with E-state index >= 15 is 0 Å². The molecule has 8 heteroatoms. The van der Waals surface area contributed by atoms with Gasteiger partial charge in [-0.05, 0) is 58.2 Å². The van der Waals surface area contributed by atoms with Gasteiger partial charge in [0.25, 0.3) is 10.0 Å². The lowest BCUT2D eigenvalue weighted by Crippen LogP contribution is -2.41. The Bertz CT molecular complexity index is 998. The highest BCUT2D eigenvalue weighted by Crippen LogP contribution is 2.16. The van der Waals surface area contributed by atoms with Gasteiger partial charge >= 0.3 is 6.09 Å². The molecule has 2 aromatic rings. The highest BCUT2D eigenvalue weighted by Gasteiger charge is 2.26. The Morgan fingerprint density at radius 3 is 2.32 bits per heavy atom. The monoisotopic (exact) mass is 446 g/mol. The van der Waals surface area contributed by atoms with E-state index < -0.39 is 27.6 Å². The van der Waals surface area contributed by atoms with Crippen LogP contribution in [0.2, 0.25) is 0 Å². The summed E-state index contributed by atoms with van der Waals surface area (Å²) in [6.07, 6.45) is 0.593. The minimum atomic E-state index is -3.91. The molecule has 7 nitrogen and oxygen atoms in total. The van der Waals surface area contributed by atoms with Gasteiger partial charge in [-0.15, -0.1) is 0 Å². The molecule has 2 aromatic carbocycles. The van der Waals surface area contributed by atoms with Gasteiger partial charge in [-0.25, -0.2) is 13.2 Å². The van der Waals surface area contributed by atoms with Crippen LogP contribution in [0, 0.1) is 0 Å². The van der Waals surface area contributed by atoms with E-state index in [2.05, 4.69) is 4.72 Å². The minimum Gasteiger partial charge on any atom is -0.444 e. The zero-order valence-corrected chi connectivity index (χ0v) is 19.2. The van der Waals surface area contributed by atoms with Crippen molar-refractivity contribution in [3.8, 4) is 0 Å². The SMILES string of the molecule is CC(=O)c1cccc(NS(=O)(=O)CN(CCCc2ccccc2)C(=O)OC(C)(C)C)c1. The predicted octanol–water partition coefficient (Wildman–Crippen LogP) is 4.46. The molecule has 0 saturated heterocycles. The third kappa shape index (κ3) is 8.80. The maximum Gasteiger partial charge on any atom is 0.411 e. The third-order valence-corrected chi connectivity index (χ3v) is 5.45. The average molecular weight is 447 g/mol. The molecule has 0 aliphatic heterocycles. The lowest BCUT2D eigenvalue weighted by Gasteiger charge is -2.27. The molecule has 31 heavy (non-hydrogen) atoms. The second-order valence-corrected chi connectivity index (χ2v) is 10.0. The highest BCUT2D eigenvalue weighted by molar-refractivity contribution is 7.92. The number of benzene rings is 2. The fourth-order valence-corrected chi connectivity index (χ4v) is 4.07. The van der Waals surface area contributed by atoms with Crippen LogP contribution in [0.1, 0.15) is 50.0 Å². The minimum absolute atomic E-state index is 0.169. The summed E-state index contributed by atoms with van der Waals surface area (Å²) in [6.45, 7) is 6.82. The van der Waals surface area contributed by atoms with Crippen LogP contribution < -0.4 is 4.72 Å². The number of amides is 1. The van der Waals surface area contributed by atoms with Crippen molar-refractivity contribution in [2.24, 2.45) is 0 Å². The Kier molecular flexibility index (Phi) is 8.21. The Hall–Kier alpha value is -2.87. The zero-order chi connectivity index (χ0) is 23.1. The smallest absolute Gasteiger partial charge is 0.411 e. The number of rotatable bonds is 9. The van der Waals surface area contributed by atoms with Crippen LogP contribution in [0.4, 0.5) is 10.5 Å². The number of carbonyl (C=O) groups excluding carboxylic acids is 2. The van der Waals surface area contributed by atoms with Gasteiger partial charge in [-0.2, -0.15) is 0 Å². The van der Waals surface area contributed by atoms with E-state index in [4.69, 9.17) is 4.74 Å². The molecule has 1 amide bonds. The number of Topliss-reactive ketones (excluding diaryl/α,β-unsaturated/α-hetero) is 1. The molecule has 0 aliphatic rings. The normalized spacial score (nSPS) is 11.6. The van der Waals surface area contributed by atoms with E-state index in [1.807, 2.05) is 30.3 Å². The average Bonchev–Trinajstić information content (AvgIpc) is 2.66. The molecule has 0 unspecified atom stereocenters. The van der Waals surface area contributed by atoms with Crippen LogP contribution in [0.5, 0.6) is 0 Å². The Morgan fingerprint density at radius 2 is 1.71 bits per heavy atom. The van der Waals surface area contributed by atoms with Crippen molar-refractivity contribution in [1.29, 1.82) is 0 Å². The molecule has 0 radical (unpaired) electrons. The van der Waals surface area contributed by atoms with Crippen molar-refractivity contribution in [1.82, 2.24) is 4.90 Å². The van der Waals surface area contributed by atoms with Gasteiger partial charge < -0.3 is 4.74 Å². The van der Waals surface area contributed by atoms with Gasteiger partial charge in [0.2, 0.25) is 0 Å². The number of ether oxygens (including phenoxy) is 1. The van der Waals surface area contributed by atoms with Crippen molar-refractivity contribution in [3.63, 3.8) is 0 Å². The first-order valence-electron chi connectivity index (χ1n) is 10.1. The summed E-state index contributed by atoms with van der Waals surface area (Å²) in [5.74, 6) is -0.724. The van der Waals surface area contributed by atoms with Crippen LogP contribution in [0.15, 0.2) is 54.6 Å². The van der Waals surface area contributed by atoms with Crippen LogP contribution in [0.25, 0.3) is 0 Å². The molecule has 0 heterocycles.